The largest absolute Gasteiger partial charge is 0.481 e. The lowest BCUT2D eigenvalue weighted by Crippen LogP contribution is -2.53. The van der Waals surface area contributed by atoms with E-state index in [9.17, 15) is 17.6 Å². The fourth-order valence-corrected chi connectivity index (χ4v) is 5.60. The van der Waals surface area contributed by atoms with Gasteiger partial charge < -0.3 is 9.47 Å². The molecule has 1 saturated heterocycles. The molecule has 1 aromatic carbocycles. The van der Waals surface area contributed by atoms with E-state index >= 15 is 4.39 Å². The maximum Gasteiger partial charge on any atom is 0.304 e. The van der Waals surface area contributed by atoms with Gasteiger partial charge in [0.05, 0.1) is 11.3 Å². The molecule has 0 spiro atoms. The third-order valence-electron chi connectivity index (χ3n) is 6.77. The summed E-state index contributed by atoms with van der Waals surface area (Å²) in [6.45, 7) is 3.32. The molecular formula is C27H29F2N5O5S. The van der Waals surface area contributed by atoms with Crippen molar-refractivity contribution in [2.45, 2.75) is 38.3 Å². The molecule has 1 saturated carbocycles. The highest BCUT2D eigenvalue weighted by atomic mass is 32.2. The predicted molar refractivity (Wildman–Crippen MR) is 141 cm³/mol. The van der Waals surface area contributed by atoms with E-state index in [1.165, 1.54) is 6.20 Å². The number of piperazine rings is 1. The second kappa shape index (κ2) is 11.8. The highest BCUT2D eigenvalue weighted by Crippen LogP contribution is 2.31. The molecule has 1 amide bonds. The maximum absolute atomic E-state index is 15.0. The van der Waals surface area contributed by atoms with Gasteiger partial charge in [0.25, 0.3) is 5.91 Å². The Balaban J connectivity index is 1.26. The van der Waals surface area contributed by atoms with E-state index in [0.717, 1.165) is 29.3 Å². The lowest BCUT2D eigenvalue weighted by molar-refractivity contribution is 0.0971. The molecular weight excluding hydrogens is 544 g/mol. The molecule has 2 fully saturated rings. The zero-order valence-corrected chi connectivity index (χ0v) is 22.6. The van der Waals surface area contributed by atoms with Gasteiger partial charge in [-0.15, -0.1) is 0 Å². The van der Waals surface area contributed by atoms with Crippen LogP contribution in [-0.4, -0.2) is 65.7 Å². The summed E-state index contributed by atoms with van der Waals surface area (Å²) in [4.78, 5) is 23.2. The van der Waals surface area contributed by atoms with E-state index in [1.54, 1.807) is 43.5 Å². The normalized spacial score (nSPS) is 17.3. The van der Waals surface area contributed by atoms with Crippen molar-refractivity contribution < 1.29 is 31.5 Å². The Morgan fingerprint density at radius 3 is 2.50 bits per heavy atom. The third-order valence-corrected chi connectivity index (χ3v) is 8.26. The highest BCUT2D eigenvalue weighted by Gasteiger charge is 2.35. The summed E-state index contributed by atoms with van der Waals surface area (Å²) in [5.74, 6) is -3.84. The van der Waals surface area contributed by atoms with Crippen LogP contribution >= 0.6 is 0 Å². The number of nitrogens with zero attached hydrogens (tertiary/aromatic N) is 4. The minimum absolute atomic E-state index is 0.212. The Bertz CT molecular complexity index is 1470. The molecule has 2 aromatic heterocycles. The minimum atomic E-state index is -4.22. The Labute approximate surface area is 231 Å². The summed E-state index contributed by atoms with van der Waals surface area (Å²) in [5.41, 5.74) is -0.340. The molecule has 3 heterocycles. The van der Waals surface area contributed by atoms with Gasteiger partial charge in [0.1, 0.15) is 11.9 Å². The van der Waals surface area contributed by atoms with Crippen molar-refractivity contribution in [3.05, 3.63) is 77.8 Å². The molecule has 212 valence electrons. The standard InChI is InChI=1S/C27H29F2N5O5S/c1-2-22(21-17-19(10-12-30-21)38-24-5-3-4-11-31-24)39-23-9-8-20(25(28)26(23)29)27(35)32-40(36,37)34-15-13-33(14-16-34)18-6-7-18/h3-5,8-12,17-18,22H,2,6-7,13-16H2,1H3,(H,32,35). The Hall–Kier alpha value is -3.68. The summed E-state index contributed by atoms with van der Waals surface area (Å²) in [5, 5.41) is 0. The number of rotatable bonds is 10. The van der Waals surface area contributed by atoms with Crippen molar-refractivity contribution in [2.75, 3.05) is 26.2 Å². The fourth-order valence-electron chi connectivity index (χ4n) is 4.49. The Morgan fingerprint density at radius 2 is 1.82 bits per heavy atom. The van der Waals surface area contributed by atoms with Gasteiger partial charge in [0, 0.05) is 56.7 Å². The van der Waals surface area contributed by atoms with Crippen LogP contribution in [0.3, 0.4) is 0 Å². The fraction of sp³-hybridized carbons (Fsp3) is 0.370. The first kappa shape index (κ1) is 27.9. The average molecular weight is 574 g/mol. The smallest absolute Gasteiger partial charge is 0.304 e. The number of carbonyl (C=O) groups is 1. The zero-order chi connectivity index (χ0) is 28.3. The Morgan fingerprint density at radius 1 is 1.05 bits per heavy atom. The number of pyridine rings is 2. The van der Waals surface area contributed by atoms with Crippen LogP contribution in [0, 0.1) is 11.6 Å². The number of carbonyl (C=O) groups excluding carboxylic acids is 1. The van der Waals surface area contributed by atoms with Crippen LogP contribution in [-0.2, 0) is 10.2 Å². The third kappa shape index (κ3) is 6.37. The number of amides is 1. The van der Waals surface area contributed by atoms with Crippen molar-refractivity contribution >= 4 is 16.1 Å². The van der Waals surface area contributed by atoms with E-state index in [4.69, 9.17) is 9.47 Å². The maximum atomic E-state index is 15.0. The molecule has 3 aromatic rings. The van der Waals surface area contributed by atoms with E-state index in [2.05, 4.69) is 14.9 Å². The van der Waals surface area contributed by atoms with Gasteiger partial charge in [-0.3, -0.25) is 14.7 Å². The molecule has 5 rings (SSSR count). The topological polar surface area (TPSA) is 114 Å². The van der Waals surface area contributed by atoms with E-state index < -0.39 is 45.2 Å². The predicted octanol–water partition coefficient (Wildman–Crippen LogP) is 3.83. The van der Waals surface area contributed by atoms with E-state index in [0.29, 0.717) is 42.9 Å². The van der Waals surface area contributed by atoms with E-state index in [1.807, 2.05) is 4.72 Å². The molecule has 0 radical (unpaired) electrons. The molecule has 10 nitrogen and oxygen atoms in total. The zero-order valence-electron chi connectivity index (χ0n) is 21.8. The van der Waals surface area contributed by atoms with Gasteiger partial charge >= 0.3 is 10.2 Å². The van der Waals surface area contributed by atoms with Crippen molar-refractivity contribution in [2.24, 2.45) is 0 Å². The van der Waals surface area contributed by atoms with Crippen molar-refractivity contribution in [1.82, 2.24) is 23.9 Å². The van der Waals surface area contributed by atoms with Crippen LogP contribution < -0.4 is 14.2 Å². The van der Waals surface area contributed by atoms with Crippen LogP contribution in [0.15, 0.2) is 54.9 Å². The quantitative estimate of drug-likeness (QED) is 0.389. The Kier molecular flexibility index (Phi) is 8.24. The summed E-state index contributed by atoms with van der Waals surface area (Å²) in [7, 11) is -4.22. The van der Waals surface area contributed by atoms with Crippen molar-refractivity contribution in [3.8, 4) is 17.4 Å². The summed E-state index contributed by atoms with van der Waals surface area (Å²) in [6.07, 6.45) is 4.89. The van der Waals surface area contributed by atoms with Gasteiger partial charge in [0.15, 0.2) is 11.6 Å². The molecule has 13 heteroatoms. The number of benzene rings is 1. The number of halogens is 2. The number of hydrogen-bond donors (Lipinski definition) is 1. The summed E-state index contributed by atoms with van der Waals surface area (Å²) < 4.78 is 69.9. The van der Waals surface area contributed by atoms with Gasteiger partial charge in [-0.2, -0.15) is 17.1 Å². The molecule has 1 atom stereocenters. The molecule has 2 aliphatic rings. The van der Waals surface area contributed by atoms with Crippen LogP contribution in [0.1, 0.15) is 48.3 Å². The lowest BCUT2D eigenvalue weighted by atomic mass is 10.1. The molecule has 1 unspecified atom stereocenters. The summed E-state index contributed by atoms with van der Waals surface area (Å²) >= 11 is 0. The number of nitrogens with one attached hydrogen (secondary N) is 1. The van der Waals surface area contributed by atoms with E-state index in [-0.39, 0.29) is 13.1 Å². The number of hydrogen-bond acceptors (Lipinski definition) is 8. The molecule has 1 aliphatic heterocycles. The van der Waals surface area contributed by atoms with Crippen molar-refractivity contribution in [1.29, 1.82) is 0 Å². The molecule has 1 aliphatic carbocycles. The molecule has 1 N–H and O–H groups in total. The van der Waals surface area contributed by atoms with Gasteiger partial charge in [0.2, 0.25) is 11.7 Å². The van der Waals surface area contributed by atoms with Crippen LogP contribution in [0.25, 0.3) is 0 Å². The van der Waals surface area contributed by atoms with Gasteiger partial charge in [-0.25, -0.2) is 14.1 Å². The monoisotopic (exact) mass is 573 g/mol. The van der Waals surface area contributed by atoms with Gasteiger partial charge in [-0.05, 0) is 43.5 Å². The van der Waals surface area contributed by atoms with Crippen LogP contribution in [0.4, 0.5) is 8.78 Å². The minimum Gasteiger partial charge on any atom is -0.481 e. The first-order valence-electron chi connectivity index (χ1n) is 13.0. The number of ether oxygens (including phenoxy) is 2. The lowest BCUT2D eigenvalue weighted by Gasteiger charge is -2.33. The van der Waals surface area contributed by atoms with Crippen molar-refractivity contribution in [3.63, 3.8) is 0 Å². The first-order chi connectivity index (χ1) is 19.2. The second-order valence-electron chi connectivity index (χ2n) is 9.54. The van der Waals surface area contributed by atoms with Crippen LogP contribution in [0.2, 0.25) is 0 Å². The number of aromatic nitrogens is 2. The molecule has 0 bridgehead atoms. The first-order valence-corrected chi connectivity index (χ1v) is 14.4. The second-order valence-corrected chi connectivity index (χ2v) is 11.2. The van der Waals surface area contributed by atoms with Crippen LogP contribution in [0.5, 0.6) is 17.4 Å². The SMILES string of the molecule is CCC(Oc1ccc(C(=O)NS(=O)(=O)N2CCN(C3CC3)CC2)c(F)c1F)c1cc(Oc2ccccn2)ccn1. The molecule has 40 heavy (non-hydrogen) atoms. The van der Waals surface area contributed by atoms with Gasteiger partial charge in [-0.1, -0.05) is 13.0 Å². The average Bonchev–Trinajstić information content (AvgIpc) is 3.80. The summed E-state index contributed by atoms with van der Waals surface area (Å²) in [6, 6.07) is 11.0. The highest BCUT2D eigenvalue weighted by molar-refractivity contribution is 7.87.